The molecule has 0 aromatic heterocycles. The summed E-state index contributed by atoms with van der Waals surface area (Å²) in [7, 11) is -1.72. The van der Waals surface area contributed by atoms with Gasteiger partial charge in [-0.15, -0.1) is 0 Å². The van der Waals surface area contributed by atoms with Gasteiger partial charge in [0.25, 0.3) is 0 Å². The molecule has 0 aromatic rings. The van der Waals surface area contributed by atoms with Gasteiger partial charge in [0.15, 0.2) is 0 Å². The molecule has 4 heteroatoms. The molecule has 0 N–H and O–H groups in total. The summed E-state index contributed by atoms with van der Waals surface area (Å²) in [6, 6.07) is 0.308. The molecule has 24 heavy (non-hydrogen) atoms. The number of carbonyl (C=O) groups is 1. The largest absolute Gasteiger partial charge is 0.420 e. The Hall–Kier alpha value is -0.773. The molecule has 0 aliphatic heterocycles. The Bertz CT molecular complexity index is 518. The molecule has 2 bridgehead atoms. The Balaban J connectivity index is 2.34. The van der Waals surface area contributed by atoms with Gasteiger partial charge in [0.1, 0.15) is 8.07 Å². The van der Waals surface area contributed by atoms with Gasteiger partial charge in [-0.3, -0.25) is 0 Å². The molecule has 3 saturated carbocycles. The number of carbonyl (C=O) groups excluding carboxylic acids is 1. The van der Waals surface area contributed by atoms with Crippen LogP contribution in [0.5, 0.6) is 0 Å². The lowest BCUT2D eigenvalue weighted by molar-refractivity contribution is -0.0308. The number of amides is 1. The van der Waals surface area contributed by atoms with Gasteiger partial charge in [-0.2, -0.15) is 0 Å². The van der Waals surface area contributed by atoms with E-state index >= 15 is 0 Å². The van der Waals surface area contributed by atoms with Crippen molar-refractivity contribution in [1.29, 1.82) is 0 Å². The van der Waals surface area contributed by atoms with E-state index in [0.29, 0.717) is 11.3 Å². The second-order valence-electron chi connectivity index (χ2n) is 9.91. The van der Waals surface area contributed by atoms with E-state index in [-0.39, 0.29) is 18.2 Å². The van der Waals surface area contributed by atoms with Crippen LogP contribution in [0.1, 0.15) is 60.8 Å². The van der Waals surface area contributed by atoms with Crippen LogP contribution in [0, 0.1) is 17.3 Å². The van der Waals surface area contributed by atoms with Gasteiger partial charge in [0.2, 0.25) is 0 Å². The van der Waals surface area contributed by atoms with Gasteiger partial charge in [0.05, 0.1) is 5.38 Å². The number of nitrogens with zero attached hydrogens (tertiary/aromatic N) is 1. The SMILES string of the molecule is CC(C)N(C(=O)O/C(=C1/CC[C@H]2C[C@@H]1C2(C)C)[Si](C)(C)C)C(C)C. The fourth-order valence-electron chi connectivity index (χ4n) is 4.73. The second-order valence-corrected chi connectivity index (χ2v) is 14.9. The van der Waals surface area contributed by atoms with Crippen LogP contribution >= 0.6 is 0 Å². The Morgan fingerprint density at radius 3 is 2.08 bits per heavy atom. The maximum Gasteiger partial charge on any atom is 0.414 e. The van der Waals surface area contributed by atoms with Gasteiger partial charge in [0, 0.05) is 12.1 Å². The smallest absolute Gasteiger partial charge is 0.414 e. The molecule has 0 heterocycles. The summed E-state index contributed by atoms with van der Waals surface area (Å²) in [5.74, 6) is 1.46. The first-order valence-corrected chi connectivity index (χ1v) is 13.1. The van der Waals surface area contributed by atoms with E-state index in [1.54, 1.807) is 0 Å². The lowest BCUT2D eigenvalue weighted by Gasteiger charge is -2.58. The zero-order valence-electron chi connectivity index (χ0n) is 17.2. The van der Waals surface area contributed by atoms with Crippen molar-refractivity contribution in [3.63, 3.8) is 0 Å². The quantitative estimate of drug-likeness (QED) is 0.471. The van der Waals surface area contributed by atoms with Gasteiger partial charge >= 0.3 is 6.09 Å². The molecule has 3 aliphatic carbocycles. The summed E-state index contributed by atoms with van der Waals surface area (Å²) in [5, 5.41) is 1.06. The van der Waals surface area contributed by atoms with Crippen LogP contribution in [0.4, 0.5) is 4.79 Å². The highest BCUT2D eigenvalue weighted by molar-refractivity contribution is 6.82. The van der Waals surface area contributed by atoms with E-state index in [1.807, 2.05) is 4.90 Å². The average Bonchev–Trinajstić information content (AvgIpc) is 2.42. The van der Waals surface area contributed by atoms with E-state index < -0.39 is 8.07 Å². The van der Waals surface area contributed by atoms with Crippen molar-refractivity contribution in [1.82, 2.24) is 4.90 Å². The number of fused-ring (bicyclic) bond motifs is 2. The summed E-state index contributed by atoms with van der Waals surface area (Å²) >= 11 is 0. The van der Waals surface area contributed by atoms with Crippen molar-refractivity contribution in [2.75, 3.05) is 0 Å². The molecule has 3 fully saturated rings. The zero-order valence-corrected chi connectivity index (χ0v) is 18.2. The minimum absolute atomic E-state index is 0.154. The third kappa shape index (κ3) is 3.44. The van der Waals surface area contributed by atoms with Crippen LogP contribution < -0.4 is 0 Å². The molecule has 0 saturated heterocycles. The number of hydrogen-bond donors (Lipinski definition) is 0. The van der Waals surface area contributed by atoms with Crippen molar-refractivity contribution < 1.29 is 9.53 Å². The summed E-state index contributed by atoms with van der Waals surface area (Å²) in [6.45, 7) is 19.9. The monoisotopic (exact) mass is 351 g/mol. The van der Waals surface area contributed by atoms with Crippen molar-refractivity contribution in [3.05, 3.63) is 11.0 Å². The fourth-order valence-corrected chi connectivity index (χ4v) is 6.39. The van der Waals surface area contributed by atoms with Crippen LogP contribution in [0.25, 0.3) is 0 Å². The average molecular weight is 352 g/mol. The number of allylic oxidation sites excluding steroid dienone is 1. The third-order valence-corrected chi connectivity index (χ3v) is 7.92. The predicted octanol–water partition coefficient (Wildman–Crippen LogP) is 5.83. The fraction of sp³-hybridized carbons (Fsp3) is 0.850. The summed E-state index contributed by atoms with van der Waals surface area (Å²) in [4.78, 5) is 14.8. The second kappa shape index (κ2) is 6.51. The maximum atomic E-state index is 12.9. The molecule has 0 unspecified atom stereocenters. The number of hydrogen-bond acceptors (Lipinski definition) is 2. The Morgan fingerprint density at radius 1 is 1.17 bits per heavy atom. The minimum Gasteiger partial charge on any atom is -0.420 e. The van der Waals surface area contributed by atoms with Gasteiger partial charge in [-0.25, -0.2) is 4.79 Å². The molecule has 3 rings (SSSR count). The molecule has 1 amide bonds. The maximum absolute atomic E-state index is 12.9. The topological polar surface area (TPSA) is 29.5 Å². The van der Waals surface area contributed by atoms with Gasteiger partial charge < -0.3 is 9.64 Å². The highest BCUT2D eigenvalue weighted by Gasteiger charge is 2.54. The molecule has 3 aliphatic rings. The molecule has 3 nitrogen and oxygen atoms in total. The Kier molecular flexibility index (Phi) is 5.30. The lowest BCUT2D eigenvalue weighted by atomic mass is 9.47. The first kappa shape index (κ1) is 19.6. The van der Waals surface area contributed by atoms with E-state index in [2.05, 4.69) is 61.2 Å². The summed E-state index contributed by atoms with van der Waals surface area (Å²) in [5.41, 5.74) is 1.84. The molecular formula is C20H37NO2Si. The summed E-state index contributed by atoms with van der Waals surface area (Å²) < 4.78 is 6.16. The van der Waals surface area contributed by atoms with Crippen molar-refractivity contribution in [3.8, 4) is 0 Å². The highest BCUT2D eigenvalue weighted by atomic mass is 28.3. The van der Waals surface area contributed by atoms with Crippen molar-refractivity contribution in [2.45, 2.75) is 92.5 Å². The van der Waals surface area contributed by atoms with Crippen LogP contribution in [0.2, 0.25) is 19.6 Å². The standard InChI is InChI=1S/C20H37NO2Si/c1-13(2)21(14(3)4)19(22)23-18(24(7,8)9)16-11-10-15-12-17(16)20(15,5)6/h13-15,17H,10-12H2,1-9H3/b18-16+/t15-,17-/m0/s1. The zero-order chi connectivity index (χ0) is 18.4. The molecule has 0 radical (unpaired) electrons. The van der Waals surface area contributed by atoms with Crippen LogP contribution in [-0.4, -0.2) is 31.2 Å². The normalized spacial score (nSPS) is 27.8. The van der Waals surface area contributed by atoms with Crippen LogP contribution in [0.3, 0.4) is 0 Å². The third-order valence-electron chi connectivity index (χ3n) is 6.14. The van der Waals surface area contributed by atoms with E-state index in [4.69, 9.17) is 4.74 Å². The summed E-state index contributed by atoms with van der Waals surface area (Å²) in [6.07, 6.45) is 3.49. The van der Waals surface area contributed by atoms with Gasteiger partial charge in [-0.05, 0) is 69.8 Å². The molecule has 0 aromatic carbocycles. The number of ether oxygens (including phenoxy) is 1. The van der Waals surface area contributed by atoms with Crippen molar-refractivity contribution in [2.24, 2.45) is 17.3 Å². The van der Waals surface area contributed by atoms with E-state index in [9.17, 15) is 4.79 Å². The predicted molar refractivity (Wildman–Crippen MR) is 104 cm³/mol. The highest BCUT2D eigenvalue weighted by Crippen LogP contribution is 2.62. The number of rotatable bonds is 4. The van der Waals surface area contributed by atoms with Crippen LogP contribution in [0.15, 0.2) is 11.0 Å². The van der Waals surface area contributed by atoms with Crippen molar-refractivity contribution >= 4 is 14.2 Å². The molecule has 2 atom stereocenters. The minimum atomic E-state index is -1.72. The Morgan fingerprint density at radius 2 is 1.71 bits per heavy atom. The Labute approximate surface area is 149 Å². The first-order valence-electron chi connectivity index (χ1n) is 9.61. The van der Waals surface area contributed by atoms with Crippen LogP contribution in [-0.2, 0) is 4.74 Å². The molecular weight excluding hydrogens is 314 g/mol. The van der Waals surface area contributed by atoms with Gasteiger partial charge in [-0.1, -0.05) is 33.5 Å². The first-order chi connectivity index (χ1) is 10.9. The van der Waals surface area contributed by atoms with E-state index in [1.165, 1.54) is 18.4 Å². The van der Waals surface area contributed by atoms with E-state index in [0.717, 1.165) is 17.7 Å². The lowest BCUT2D eigenvalue weighted by Crippen LogP contribution is -2.51. The molecule has 138 valence electrons. The molecule has 0 spiro atoms.